The van der Waals surface area contributed by atoms with Crippen molar-refractivity contribution in [3.05, 3.63) is 0 Å². The first-order valence-electron chi connectivity index (χ1n) is 6.27. The predicted molar refractivity (Wildman–Crippen MR) is 62.5 cm³/mol. The van der Waals surface area contributed by atoms with Gasteiger partial charge in [0.05, 0.1) is 6.04 Å². The van der Waals surface area contributed by atoms with E-state index in [4.69, 9.17) is 0 Å². The molecular weight excluding hydrogens is 220 g/mol. The summed E-state index contributed by atoms with van der Waals surface area (Å²) in [4.78, 5) is 24.9. The molecule has 2 aliphatic heterocycles. The number of nitrogens with one attached hydrogen (secondary N) is 1. The van der Waals surface area contributed by atoms with Gasteiger partial charge in [0.2, 0.25) is 5.91 Å². The van der Waals surface area contributed by atoms with Gasteiger partial charge in [0.15, 0.2) is 0 Å². The fourth-order valence-electron chi connectivity index (χ4n) is 2.85. The van der Waals surface area contributed by atoms with Crippen LogP contribution in [0.1, 0.15) is 26.7 Å². The van der Waals surface area contributed by atoms with Crippen molar-refractivity contribution in [2.75, 3.05) is 13.1 Å². The van der Waals surface area contributed by atoms with Crippen LogP contribution in [0.15, 0.2) is 0 Å². The van der Waals surface area contributed by atoms with Crippen LogP contribution in [0.5, 0.6) is 0 Å². The minimum absolute atomic E-state index is 0.0273. The first-order chi connectivity index (χ1) is 8.00. The summed E-state index contributed by atoms with van der Waals surface area (Å²) < 4.78 is 0. The summed E-state index contributed by atoms with van der Waals surface area (Å²) in [6.45, 7) is 5.43. The molecule has 0 aromatic rings. The van der Waals surface area contributed by atoms with E-state index < -0.39 is 12.0 Å². The van der Waals surface area contributed by atoms with Crippen LogP contribution in [0.25, 0.3) is 0 Å². The number of aliphatic carboxylic acids is 1. The third-order valence-electron chi connectivity index (χ3n) is 3.69. The molecule has 96 valence electrons. The van der Waals surface area contributed by atoms with E-state index in [1.54, 1.807) is 4.90 Å². The van der Waals surface area contributed by atoms with E-state index in [1.807, 2.05) is 13.8 Å². The maximum atomic E-state index is 12.1. The summed E-state index contributed by atoms with van der Waals surface area (Å²) >= 11 is 0. The Bertz CT molecular complexity index is 330. The van der Waals surface area contributed by atoms with E-state index in [1.165, 1.54) is 0 Å². The lowest BCUT2D eigenvalue weighted by Crippen LogP contribution is -2.46. The van der Waals surface area contributed by atoms with Gasteiger partial charge >= 0.3 is 5.97 Å². The molecule has 2 rings (SSSR count). The van der Waals surface area contributed by atoms with Crippen LogP contribution >= 0.6 is 0 Å². The van der Waals surface area contributed by atoms with Gasteiger partial charge in [-0.25, -0.2) is 4.79 Å². The van der Waals surface area contributed by atoms with Crippen LogP contribution in [-0.4, -0.2) is 47.1 Å². The third-order valence-corrected chi connectivity index (χ3v) is 3.69. The number of rotatable bonds is 4. The van der Waals surface area contributed by atoms with Crippen molar-refractivity contribution in [3.63, 3.8) is 0 Å². The Balaban J connectivity index is 2.10. The maximum Gasteiger partial charge on any atom is 0.326 e. The van der Waals surface area contributed by atoms with Crippen LogP contribution in [0.4, 0.5) is 0 Å². The number of carboxylic acid groups (broad SMARTS) is 1. The second-order valence-corrected chi connectivity index (χ2v) is 5.45. The van der Waals surface area contributed by atoms with Crippen LogP contribution in [0.3, 0.4) is 0 Å². The molecular formula is C12H20N2O3. The number of hydrogen-bond acceptors (Lipinski definition) is 3. The molecule has 0 bridgehead atoms. The van der Waals surface area contributed by atoms with Crippen LogP contribution in [0.2, 0.25) is 0 Å². The number of carboxylic acids is 1. The fourth-order valence-corrected chi connectivity index (χ4v) is 2.85. The largest absolute Gasteiger partial charge is 0.480 e. The van der Waals surface area contributed by atoms with E-state index >= 15 is 0 Å². The zero-order valence-electron chi connectivity index (χ0n) is 10.3. The highest BCUT2D eigenvalue weighted by Gasteiger charge is 2.46. The maximum absolute atomic E-state index is 12.1. The molecule has 2 aliphatic rings. The Morgan fingerprint density at radius 3 is 2.82 bits per heavy atom. The van der Waals surface area contributed by atoms with Gasteiger partial charge in [-0.05, 0) is 25.3 Å². The molecule has 0 saturated carbocycles. The van der Waals surface area contributed by atoms with Crippen molar-refractivity contribution < 1.29 is 14.7 Å². The van der Waals surface area contributed by atoms with Crippen molar-refractivity contribution in [1.82, 2.24) is 10.2 Å². The molecule has 17 heavy (non-hydrogen) atoms. The first-order valence-corrected chi connectivity index (χ1v) is 6.27. The van der Waals surface area contributed by atoms with Crippen LogP contribution in [-0.2, 0) is 9.59 Å². The Morgan fingerprint density at radius 2 is 2.29 bits per heavy atom. The molecule has 5 nitrogen and oxygen atoms in total. The monoisotopic (exact) mass is 240 g/mol. The molecule has 0 aliphatic carbocycles. The Kier molecular flexibility index (Phi) is 3.38. The molecule has 5 heteroatoms. The smallest absolute Gasteiger partial charge is 0.326 e. The lowest BCUT2D eigenvalue weighted by atomic mass is 10.0. The molecule has 2 N–H and O–H groups in total. The SMILES string of the molecule is CC(C)C[C@H](C(=O)O)N1C[C@@H]2CCN[C@@H]2C1=O. The van der Waals surface area contributed by atoms with Crippen molar-refractivity contribution >= 4 is 11.9 Å². The number of amides is 1. The number of fused-ring (bicyclic) bond motifs is 1. The van der Waals surface area contributed by atoms with Gasteiger partial charge in [-0.15, -0.1) is 0 Å². The van der Waals surface area contributed by atoms with E-state index in [0.717, 1.165) is 13.0 Å². The lowest BCUT2D eigenvalue weighted by Gasteiger charge is -2.26. The zero-order valence-corrected chi connectivity index (χ0v) is 10.3. The van der Waals surface area contributed by atoms with Crippen molar-refractivity contribution in [1.29, 1.82) is 0 Å². The average Bonchev–Trinajstić information content (AvgIpc) is 2.78. The number of carbonyl (C=O) groups excluding carboxylic acids is 1. The van der Waals surface area contributed by atoms with Crippen LogP contribution < -0.4 is 5.32 Å². The summed E-state index contributed by atoms with van der Waals surface area (Å²) in [7, 11) is 0. The third kappa shape index (κ3) is 2.29. The molecule has 0 unspecified atom stereocenters. The standard InChI is InChI=1S/C12H20N2O3/c1-7(2)5-9(12(16)17)14-6-8-3-4-13-10(8)11(14)15/h7-10,13H,3-6H2,1-2H3,(H,16,17)/t8-,9+,10-/m0/s1. The molecule has 2 saturated heterocycles. The summed E-state index contributed by atoms with van der Waals surface area (Å²) in [5.41, 5.74) is 0. The second kappa shape index (κ2) is 4.64. The number of hydrogen-bond donors (Lipinski definition) is 2. The van der Waals surface area contributed by atoms with E-state index in [-0.39, 0.29) is 17.9 Å². The van der Waals surface area contributed by atoms with Crippen molar-refractivity contribution in [2.45, 2.75) is 38.8 Å². The number of likely N-dealkylation sites (tertiary alicyclic amines) is 1. The summed E-state index contributed by atoms with van der Waals surface area (Å²) in [6.07, 6.45) is 1.50. The minimum Gasteiger partial charge on any atom is -0.480 e. The van der Waals surface area contributed by atoms with E-state index in [2.05, 4.69) is 5.32 Å². The van der Waals surface area contributed by atoms with Gasteiger partial charge in [-0.2, -0.15) is 0 Å². The fraction of sp³-hybridized carbons (Fsp3) is 0.833. The van der Waals surface area contributed by atoms with Crippen molar-refractivity contribution in [3.8, 4) is 0 Å². The quantitative estimate of drug-likeness (QED) is 0.742. The molecule has 1 amide bonds. The van der Waals surface area contributed by atoms with E-state index in [0.29, 0.717) is 18.9 Å². The lowest BCUT2D eigenvalue weighted by molar-refractivity contribution is -0.149. The molecule has 2 heterocycles. The highest BCUT2D eigenvalue weighted by atomic mass is 16.4. The Labute approximate surface area is 101 Å². The molecule has 0 radical (unpaired) electrons. The Morgan fingerprint density at radius 1 is 1.59 bits per heavy atom. The minimum atomic E-state index is -0.882. The first kappa shape index (κ1) is 12.4. The normalized spacial score (nSPS) is 29.8. The topological polar surface area (TPSA) is 69.6 Å². The highest BCUT2D eigenvalue weighted by molar-refractivity contribution is 5.89. The van der Waals surface area contributed by atoms with Gasteiger partial charge in [-0.1, -0.05) is 13.8 Å². The Hall–Kier alpha value is -1.10. The van der Waals surface area contributed by atoms with Gasteiger partial charge in [-0.3, -0.25) is 4.79 Å². The summed E-state index contributed by atoms with van der Waals surface area (Å²) in [5, 5.41) is 12.4. The van der Waals surface area contributed by atoms with Gasteiger partial charge in [0, 0.05) is 12.5 Å². The molecule has 2 fully saturated rings. The molecule has 0 aromatic carbocycles. The van der Waals surface area contributed by atoms with Crippen LogP contribution in [0, 0.1) is 11.8 Å². The predicted octanol–water partition coefficient (Wildman–Crippen LogP) is 0.306. The summed E-state index contributed by atoms with van der Waals surface area (Å²) in [6, 6.07) is -0.793. The zero-order chi connectivity index (χ0) is 12.6. The molecule has 3 atom stereocenters. The summed E-state index contributed by atoms with van der Waals surface area (Å²) in [5.74, 6) is -0.332. The van der Waals surface area contributed by atoms with Gasteiger partial charge in [0.1, 0.15) is 6.04 Å². The van der Waals surface area contributed by atoms with Gasteiger partial charge in [0.25, 0.3) is 0 Å². The van der Waals surface area contributed by atoms with Gasteiger partial charge < -0.3 is 15.3 Å². The second-order valence-electron chi connectivity index (χ2n) is 5.45. The number of carbonyl (C=O) groups is 2. The molecule has 0 aromatic heterocycles. The molecule has 0 spiro atoms. The average molecular weight is 240 g/mol. The number of nitrogens with zero attached hydrogens (tertiary/aromatic N) is 1. The van der Waals surface area contributed by atoms with Crippen molar-refractivity contribution in [2.24, 2.45) is 11.8 Å². The highest BCUT2D eigenvalue weighted by Crippen LogP contribution is 2.29. The van der Waals surface area contributed by atoms with E-state index in [9.17, 15) is 14.7 Å².